The summed E-state index contributed by atoms with van der Waals surface area (Å²) in [5, 5.41) is 2.04. The fourth-order valence-corrected chi connectivity index (χ4v) is 4.29. The summed E-state index contributed by atoms with van der Waals surface area (Å²) in [6, 6.07) is 17.8. The number of hydrogen-bond acceptors (Lipinski definition) is 6. The van der Waals surface area contributed by atoms with Crippen molar-refractivity contribution in [1.29, 1.82) is 0 Å². The number of thiophene rings is 1. The summed E-state index contributed by atoms with van der Waals surface area (Å²) < 4.78 is 5.26. The molecule has 0 spiro atoms. The van der Waals surface area contributed by atoms with Crippen LogP contribution < -0.4 is 14.5 Å². The van der Waals surface area contributed by atoms with Crippen LogP contribution in [0.15, 0.2) is 66.2 Å². The number of aromatic nitrogens is 1. The second-order valence-corrected chi connectivity index (χ2v) is 8.24. The molecule has 156 valence electrons. The lowest BCUT2D eigenvalue weighted by molar-refractivity contribution is -0.120. The van der Waals surface area contributed by atoms with Gasteiger partial charge in [-0.3, -0.25) is 9.69 Å². The average molecular weight is 423 g/mol. The van der Waals surface area contributed by atoms with Crippen LogP contribution in [-0.2, 0) is 11.3 Å². The number of ether oxygens (including phenoxy) is 1. The van der Waals surface area contributed by atoms with Gasteiger partial charge in [0.05, 0.1) is 20.2 Å². The maximum absolute atomic E-state index is 13.3. The van der Waals surface area contributed by atoms with Gasteiger partial charge in [0.15, 0.2) is 0 Å². The number of nitrogens with zero attached hydrogens (tertiary/aromatic N) is 4. The number of pyridine rings is 1. The second kappa shape index (κ2) is 9.73. The molecule has 0 unspecified atom stereocenters. The van der Waals surface area contributed by atoms with Crippen molar-refractivity contribution in [3.8, 4) is 5.75 Å². The molecule has 3 heterocycles. The molecule has 0 radical (unpaired) electrons. The Bertz CT molecular complexity index is 924. The van der Waals surface area contributed by atoms with Gasteiger partial charge in [0, 0.05) is 42.9 Å². The van der Waals surface area contributed by atoms with E-state index in [1.54, 1.807) is 18.4 Å². The van der Waals surface area contributed by atoms with Crippen molar-refractivity contribution in [1.82, 2.24) is 9.88 Å². The van der Waals surface area contributed by atoms with Gasteiger partial charge in [-0.1, -0.05) is 12.1 Å². The van der Waals surface area contributed by atoms with E-state index in [0.29, 0.717) is 13.1 Å². The van der Waals surface area contributed by atoms with E-state index >= 15 is 0 Å². The molecule has 0 atom stereocenters. The Morgan fingerprint density at radius 2 is 1.87 bits per heavy atom. The number of rotatable bonds is 7. The summed E-state index contributed by atoms with van der Waals surface area (Å²) >= 11 is 1.67. The number of anilines is 2. The van der Waals surface area contributed by atoms with E-state index in [2.05, 4.69) is 20.9 Å². The minimum atomic E-state index is 0.111. The Hall–Kier alpha value is -2.90. The number of carbonyl (C=O) groups excluding carboxylic acids is 1. The number of piperazine rings is 1. The first-order chi connectivity index (χ1) is 14.7. The predicted molar refractivity (Wildman–Crippen MR) is 121 cm³/mol. The molecule has 2 aromatic heterocycles. The van der Waals surface area contributed by atoms with E-state index in [-0.39, 0.29) is 5.91 Å². The highest BCUT2D eigenvalue weighted by Crippen LogP contribution is 2.23. The Kier molecular flexibility index (Phi) is 6.61. The van der Waals surface area contributed by atoms with Gasteiger partial charge in [-0.2, -0.15) is 0 Å². The zero-order valence-corrected chi connectivity index (χ0v) is 17.9. The van der Waals surface area contributed by atoms with Crippen molar-refractivity contribution in [2.24, 2.45) is 0 Å². The summed E-state index contributed by atoms with van der Waals surface area (Å²) in [5.74, 6) is 1.90. The Morgan fingerprint density at radius 3 is 2.50 bits per heavy atom. The quantitative estimate of drug-likeness (QED) is 0.583. The molecule has 0 aliphatic carbocycles. The fourth-order valence-electron chi connectivity index (χ4n) is 3.60. The molecule has 1 saturated heterocycles. The van der Waals surface area contributed by atoms with Gasteiger partial charge >= 0.3 is 0 Å². The molecular weight excluding hydrogens is 396 g/mol. The van der Waals surface area contributed by atoms with Gasteiger partial charge in [0.2, 0.25) is 5.91 Å². The average Bonchev–Trinajstić information content (AvgIpc) is 3.32. The van der Waals surface area contributed by atoms with Crippen LogP contribution in [0.2, 0.25) is 0 Å². The zero-order valence-electron chi connectivity index (χ0n) is 17.1. The lowest BCUT2D eigenvalue weighted by Crippen LogP contribution is -2.50. The van der Waals surface area contributed by atoms with Crippen LogP contribution in [0, 0.1) is 0 Å². The smallest absolute Gasteiger partial charge is 0.241 e. The van der Waals surface area contributed by atoms with E-state index in [0.717, 1.165) is 43.4 Å². The Morgan fingerprint density at radius 1 is 1.07 bits per heavy atom. The van der Waals surface area contributed by atoms with Gasteiger partial charge in [0.25, 0.3) is 0 Å². The lowest BCUT2D eigenvalue weighted by Gasteiger charge is -2.36. The third-order valence-corrected chi connectivity index (χ3v) is 6.14. The maximum atomic E-state index is 13.3. The first kappa shape index (κ1) is 20.4. The van der Waals surface area contributed by atoms with Crippen molar-refractivity contribution in [2.75, 3.05) is 49.6 Å². The zero-order chi connectivity index (χ0) is 20.8. The van der Waals surface area contributed by atoms with E-state index in [9.17, 15) is 4.79 Å². The first-order valence-electron chi connectivity index (χ1n) is 10.1. The van der Waals surface area contributed by atoms with Crippen molar-refractivity contribution in [3.63, 3.8) is 0 Å². The molecule has 0 bridgehead atoms. The molecule has 7 heteroatoms. The molecule has 30 heavy (non-hydrogen) atoms. The molecule has 1 aromatic carbocycles. The van der Waals surface area contributed by atoms with Crippen molar-refractivity contribution in [2.45, 2.75) is 6.54 Å². The summed E-state index contributed by atoms with van der Waals surface area (Å²) in [4.78, 5) is 25.2. The van der Waals surface area contributed by atoms with Crippen LogP contribution in [-0.4, -0.2) is 55.6 Å². The molecule has 0 N–H and O–H groups in total. The number of benzene rings is 1. The van der Waals surface area contributed by atoms with E-state index in [1.165, 1.54) is 4.88 Å². The van der Waals surface area contributed by atoms with Gasteiger partial charge in [-0.25, -0.2) is 4.98 Å². The Labute approximate surface area is 181 Å². The molecule has 1 amide bonds. The lowest BCUT2D eigenvalue weighted by atomic mass is 10.2. The summed E-state index contributed by atoms with van der Waals surface area (Å²) in [5.41, 5.74) is 0.890. The normalized spacial score (nSPS) is 14.5. The molecule has 0 saturated carbocycles. The summed E-state index contributed by atoms with van der Waals surface area (Å²) in [6.45, 7) is 4.43. The monoisotopic (exact) mass is 422 g/mol. The topological polar surface area (TPSA) is 48.9 Å². The molecular formula is C23H26N4O2S. The van der Waals surface area contributed by atoms with Crippen LogP contribution >= 0.6 is 11.3 Å². The standard InChI is InChI=1S/C23H26N4O2S/c1-29-20-9-7-19(8-10-20)27(17-21-5-4-16-30-21)23(28)18-25-12-14-26(15-13-25)22-6-2-3-11-24-22/h2-11,16H,12-15,17-18H2,1H3. The number of carbonyl (C=O) groups is 1. The van der Waals surface area contributed by atoms with Crippen LogP contribution in [0.4, 0.5) is 11.5 Å². The van der Waals surface area contributed by atoms with Crippen LogP contribution in [0.25, 0.3) is 0 Å². The van der Waals surface area contributed by atoms with E-state index in [4.69, 9.17) is 4.74 Å². The van der Waals surface area contributed by atoms with Crippen LogP contribution in [0.1, 0.15) is 4.88 Å². The largest absolute Gasteiger partial charge is 0.497 e. The number of methoxy groups -OCH3 is 1. The third kappa shape index (κ3) is 4.98. The minimum absolute atomic E-state index is 0.111. The second-order valence-electron chi connectivity index (χ2n) is 7.21. The predicted octanol–water partition coefficient (Wildman–Crippen LogP) is 3.51. The van der Waals surface area contributed by atoms with Crippen LogP contribution in [0.3, 0.4) is 0 Å². The van der Waals surface area contributed by atoms with Crippen molar-refractivity contribution < 1.29 is 9.53 Å². The van der Waals surface area contributed by atoms with Gasteiger partial charge < -0.3 is 14.5 Å². The molecule has 3 aromatic rings. The molecule has 6 nitrogen and oxygen atoms in total. The summed E-state index contributed by atoms with van der Waals surface area (Å²) in [6.07, 6.45) is 1.82. The van der Waals surface area contributed by atoms with E-state index in [1.807, 2.05) is 65.0 Å². The maximum Gasteiger partial charge on any atom is 0.241 e. The van der Waals surface area contributed by atoms with Crippen molar-refractivity contribution >= 4 is 28.7 Å². The van der Waals surface area contributed by atoms with Crippen molar-refractivity contribution in [3.05, 3.63) is 71.1 Å². The van der Waals surface area contributed by atoms with Gasteiger partial charge in [-0.05, 0) is 47.8 Å². The summed E-state index contributed by atoms with van der Waals surface area (Å²) in [7, 11) is 1.65. The highest BCUT2D eigenvalue weighted by molar-refractivity contribution is 7.09. The van der Waals surface area contributed by atoms with Gasteiger partial charge in [0.1, 0.15) is 11.6 Å². The Balaban J connectivity index is 1.41. The molecule has 4 rings (SSSR count). The highest BCUT2D eigenvalue weighted by Gasteiger charge is 2.23. The fraction of sp³-hybridized carbons (Fsp3) is 0.304. The van der Waals surface area contributed by atoms with E-state index < -0.39 is 0 Å². The molecule has 1 aliphatic rings. The van der Waals surface area contributed by atoms with Gasteiger partial charge in [-0.15, -0.1) is 11.3 Å². The number of amides is 1. The number of hydrogen-bond donors (Lipinski definition) is 0. The first-order valence-corrected chi connectivity index (χ1v) is 11.0. The molecule has 1 fully saturated rings. The molecule has 1 aliphatic heterocycles. The third-order valence-electron chi connectivity index (χ3n) is 5.28. The van der Waals surface area contributed by atoms with Crippen LogP contribution in [0.5, 0.6) is 5.75 Å². The minimum Gasteiger partial charge on any atom is -0.497 e. The highest BCUT2D eigenvalue weighted by atomic mass is 32.1. The SMILES string of the molecule is COc1ccc(N(Cc2cccs2)C(=O)CN2CCN(c3ccccn3)CC2)cc1.